The summed E-state index contributed by atoms with van der Waals surface area (Å²) in [6.45, 7) is 0.817. The van der Waals surface area contributed by atoms with E-state index < -0.39 is 0 Å². The van der Waals surface area contributed by atoms with Crippen molar-refractivity contribution in [2.45, 2.75) is 31.2 Å². The Hall–Kier alpha value is -0.730. The van der Waals surface area contributed by atoms with Crippen LogP contribution >= 0.6 is 11.6 Å². The SMILES string of the molecule is NC1(c2cc(Cl)cc(OCC3CC3)c2)CC1. The van der Waals surface area contributed by atoms with E-state index in [0.29, 0.717) is 0 Å². The van der Waals surface area contributed by atoms with Crippen LogP contribution in [0.5, 0.6) is 5.75 Å². The number of hydrogen-bond donors (Lipinski definition) is 1. The molecule has 1 aromatic carbocycles. The summed E-state index contributed by atoms with van der Waals surface area (Å²) < 4.78 is 5.73. The molecule has 0 bridgehead atoms. The fraction of sp³-hybridized carbons (Fsp3) is 0.538. The lowest BCUT2D eigenvalue weighted by molar-refractivity contribution is 0.299. The molecule has 3 heteroatoms. The van der Waals surface area contributed by atoms with E-state index in [1.165, 1.54) is 12.8 Å². The van der Waals surface area contributed by atoms with Crippen LogP contribution in [0.4, 0.5) is 0 Å². The van der Waals surface area contributed by atoms with Crippen LogP contribution in [0.2, 0.25) is 5.02 Å². The predicted molar refractivity (Wildman–Crippen MR) is 64.8 cm³/mol. The summed E-state index contributed by atoms with van der Waals surface area (Å²) in [7, 11) is 0. The smallest absolute Gasteiger partial charge is 0.121 e. The molecule has 2 N–H and O–H groups in total. The van der Waals surface area contributed by atoms with E-state index in [2.05, 4.69) is 0 Å². The van der Waals surface area contributed by atoms with E-state index in [4.69, 9.17) is 22.1 Å². The van der Waals surface area contributed by atoms with Crippen LogP contribution in [0.25, 0.3) is 0 Å². The molecule has 0 saturated heterocycles. The molecular weight excluding hydrogens is 222 g/mol. The highest BCUT2D eigenvalue weighted by Crippen LogP contribution is 2.44. The maximum absolute atomic E-state index is 6.16. The summed E-state index contributed by atoms with van der Waals surface area (Å²) in [5.41, 5.74) is 7.14. The van der Waals surface area contributed by atoms with Gasteiger partial charge in [0, 0.05) is 10.6 Å². The normalized spacial score (nSPS) is 21.9. The van der Waals surface area contributed by atoms with Crippen LogP contribution in [0.1, 0.15) is 31.2 Å². The first-order valence-corrected chi connectivity index (χ1v) is 6.26. The lowest BCUT2D eigenvalue weighted by Gasteiger charge is -2.12. The summed E-state index contributed by atoms with van der Waals surface area (Å²) in [6.07, 6.45) is 4.70. The Bertz CT molecular complexity index is 410. The van der Waals surface area contributed by atoms with Crippen LogP contribution in [0.3, 0.4) is 0 Å². The minimum absolute atomic E-state index is 0.136. The van der Waals surface area contributed by atoms with Crippen molar-refractivity contribution in [3.8, 4) is 5.75 Å². The van der Waals surface area contributed by atoms with Gasteiger partial charge in [-0.05, 0) is 55.4 Å². The summed E-state index contributed by atoms with van der Waals surface area (Å²) in [4.78, 5) is 0. The van der Waals surface area contributed by atoms with Crippen molar-refractivity contribution in [2.24, 2.45) is 11.7 Å². The van der Waals surface area contributed by atoms with Gasteiger partial charge in [0.1, 0.15) is 5.75 Å². The molecule has 86 valence electrons. The van der Waals surface area contributed by atoms with Crippen molar-refractivity contribution in [1.29, 1.82) is 0 Å². The summed E-state index contributed by atoms with van der Waals surface area (Å²) in [5, 5.41) is 0.722. The van der Waals surface area contributed by atoms with Gasteiger partial charge in [0.25, 0.3) is 0 Å². The molecule has 2 aliphatic carbocycles. The first kappa shape index (κ1) is 10.4. The maximum Gasteiger partial charge on any atom is 0.121 e. The number of hydrogen-bond acceptors (Lipinski definition) is 2. The molecule has 3 rings (SSSR count). The third-order valence-electron chi connectivity index (χ3n) is 3.42. The number of benzene rings is 1. The van der Waals surface area contributed by atoms with Gasteiger partial charge in [0.2, 0.25) is 0 Å². The molecule has 0 aromatic heterocycles. The second-order valence-corrected chi connectivity index (χ2v) is 5.52. The highest BCUT2D eigenvalue weighted by Gasteiger charge is 2.40. The zero-order valence-corrected chi connectivity index (χ0v) is 9.96. The number of halogens is 1. The molecule has 0 atom stereocenters. The van der Waals surface area contributed by atoms with Crippen LogP contribution in [-0.2, 0) is 5.54 Å². The second kappa shape index (κ2) is 3.64. The van der Waals surface area contributed by atoms with E-state index in [0.717, 1.165) is 41.7 Å². The summed E-state index contributed by atoms with van der Waals surface area (Å²) in [5.74, 6) is 1.63. The molecule has 0 amide bonds. The Kier molecular flexibility index (Phi) is 2.37. The van der Waals surface area contributed by atoms with Crippen molar-refractivity contribution in [1.82, 2.24) is 0 Å². The van der Waals surface area contributed by atoms with E-state index in [1.54, 1.807) is 0 Å². The van der Waals surface area contributed by atoms with Gasteiger partial charge in [-0.2, -0.15) is 0 Å². The molecule has 2 saturated carbocycles. The Morgan fingerprint density at radius 1 is 1.31 bits per heavy atom. The molecular formula is C13H16ClNO. The predicted octanol–water partition coefficient (Wildman–Crippen LogP) is 3.08. The Balaban J connectivity index is 1.78. The molecule has 16 heavy (non-hydrogen) atoms. The minimum Gasteiger partial charge on any atom is -0.493 e. The third kappa shape index (κ3) is 2.18. The van der Waals surface area contributed by atoms with Crippen LogP contribution in [0, 0.1) is 5.92 Å². The van der Waals surface area contributed by atoms with Gasteiger partial charge in [-0.1, -0.05) is 11.6 Å². The molecule has 2 aliphatic rings. The number of rotatable bonds is 4. The fourth-order valence-corrected chi connectivity index (χ4v) is 2.08. The van der Waals surface area contributed by atoms with Gasteiger partial charge in [0.15, 0.2) is 0 Å². The highest BCUT2D eigenvalue weighted by atomic mass is 35.5. The van der Waals surface area contributed by atoms with Gasteiger partial charge >= 0.3 is 0 Å². The van der Waals surface area contributed by atoms with Gasteiger partial charge in [-0.15, -0.1) is 0 Å². The zero-order valence-electron chi connectivity index (χ0n) is 9.21. The standard InChI is InChI=1S/C13H16ClNO/c14-11-5-10(13(15)3-4-13)6-12(7-11)16-8-9-1-2-9/h5-7,9H,1-4,8,15H2. The average Bonchev–Trinajstić information content (AvgIpc) is 3.11. The molecule has 0 heterocycles. The quantitative estimate of drug-likeness (QED) is 0.874. The molecule has 0 aliphatic heterocycles. The topological polar surface area (TPSA) is 35.2 Å². The van der Waals surface area contributed by atoms with Gasteiger partial charge in [-0.3, -0.25) is 0 Å². The maximum atomic E-state index is 6.16. The third-order valence-corrected chi connectivity index (χ3v) is 3.64. The van der Waals surface area contributed by atoms with Crippen LogP contribution in [0.15, 0.2) is 18.2 Å². The Labute approximate surface area is 101 Å². The summed E-state index contributed by atoms with van der Waals surface area (Å²) in [6, 6.07) is 5.87. The Morgan fingerprint density at radius 2 is 2.06 bits per heavy atom. The average molecular weight is 238 g/mol. The van der Waals surface area contributed by atoms with E-state index in [1.807, 2.05) is 18.2 Å². The minimum atomic E-state index is -0.136. The van der Waals surface area contributed by atoms with Gasteiger partial charge in [-0.25, -0.2) is 0 Å². The van der Waals surface area contributed by atoms with E-state index >= 15 is 0 Å². The zero-order chi connectivity index (χ0) is 11.2. The lowest BCUT2D eigenvalue weighted by atomic mass is 10.1. The molecule has 1 aromatic rings. The lowest BCUT2D eigenvalue weighted by Crippen LogP contribution is -2.18. The van der Waals surface area contributed by atoms with Crippen LogP contribution < -0.4 is 10.5 Å². The van der Waals surface area contributed by atoms with Gasteiger partial charge in [0.05, 0.1) is 6.61 Å². The molecule has 2 nitrogen and oxygen atoms in total. The van der Waals surface area contributed by atoms with Crippen molar-refractivity contribution < 1.29 is 4.74 Å². The highest BCUT2D eigenvalue weighted by molar-refractivity contribution is 6.30. The first-order valence-electron chi connectivity index (χ1n) is 5.88. The molecule has 0 unspecified atom stereocenters. The van der Waals surface area contributed by atoms with Crippen molar-refractivity contribution >= 4 is 11.6 Å². The summed E-state index contributed by atoms with van der Waals surface area (Å²) >= 11 is 6.08. The van der Waals surface area contributed by atoms with Gasteiger partial charge < -0.3 is 10.5 Å². The largest absolute Gasteiger partial charge is 0.493 e. The molecule has 2 fully saturated rings. The van der Waals surface area contributed by atoms with Crippen molar-refractivity contribution in [3.63, 3.8) is 0 Å². The van der Waals surface area contributed by atoms with Crippen LogP contribution in [-0.4, -0.2) is 6.61 Å². The van der Waals surface area contributed by atoms with Crippen molar-refractivity contribution in [2.75, 3.05) is 6.61 Å². The Morgan fingerprint density at radius 3 is 2.69 bits per heavy atom. The monoisotopic (exact) mass is 237 g/mol. The molecule has 0 radical (unpaired) electrons. The number of ether oxygens (including phenoxy) is 1. The second-order valence-electron chi connectivity index (χ2n) is 5.09. The van der Waals surface area contributed by atoms with E-state index in [-0.39, 0.29) is 5.54 Å². The fourth-order valence-electron chi connectivity index (χ4n) is 1.86. The molecule has 0 spiro atoms. The van der Waals surface area contributed by atoms with E-state index in [9.17, 15) is 0 Å². The number of nitrogens with two attached hydrogens (primary N) is 1. The first-order chi connectivity index (χ1) is 7.66. The van der Waals surface area contributed by atoms with Crippen molar-refractivity contribution in [3.05, 3.63) is 28.8 Å².